The van der Waals surface area contributed by atoms with Crippen LogP contribution in [0.5, 0.6) is 5.75 Å². The number of carboxylic acids is 1. The minimum absolute atomic E-state index is 0.0837. The second kappa shape index (κ2) is 8.47. The molecule has 31 heavy (non-hydrogen) atoms. The quantitative estimate of drug-likeness (QED) is 0.494. The molecule has 7 nitrogen and oxygen atoms in total. The monoisotopic (exact) mass is 417 g/mol. The number of aromatic nitrogens is 3. The third-order valence-corrected chi connectivity index (χ3v) is 5.29. The smallest absolute Gasteiger partial charge is 0.307 e. The molecule has 0 aliphatic carbocycles. The SMILES string of the molecule is Cc1nccn1CCOc1ccc(C(=O)n2c(C)cc3c(CC(=O)O)cccc32)cc1. The van der Waals surface area contributed by atoms with Crippen molar-refractivity contribution in [2.75, 3.05) is 6.61 Å². The molecule has 0 saturated heterocycles. The molecule has 0 atom stereocenters. The van der Waals surface area contributed by atoms with E-state index in [1.807, 2.05) is 36.7 Å². The Kier molecular flexibility index (Phi) is 5.58. The highest BCUT2D eigenvalue weighted by Gasteiger charge is 2.17. The molecule has 2 heterocycles. The number of fused-ring (bicyclic) bond motifs is 1. The summed E-state index contributed by atoms with van der Waals surface area (Å²) in [5, 5.41) is 9.94. The summed E-state index contributed by atoms with van der Waals surface area (Å²) in [6.45, 7) is 4.98. The Labute approximate surface area is 179 Å². The van der Waals surface area contributed by atoms with Crippen LogP contribution in [0.4, 0.5) is 0 Å². The summed E-state index contributed by atoms with van der Waals surface area (Å²) in [6.07, 6.45) is 3.58. The minimum Gasteiger partial charge on any atom is -0.492 e. The van der Waals surface area contributed by atoms with Crippen molar-refractivity contribution in [2.45, 2.75) is 26.8 Å². The molecule has 2 aromatic carbocycles. The lowest BCUT2D eigenvalue weighted by Crippen LogP contribution is -2.13. The molecule has 0 fully saturated rings. The van der Waals surface area contributed by atoms with E-state index in [9.17, 15) is 9.59 Å². The highest BCUT2D eigenvalue weighted by molar-refractivity contribution is 6.04. The van der Waals surface area contributed by atoms with Crippen molar-refractivity contribution in [3.05, 3.63) is 83.6 Å². The molecule has 0 aliphatic rings. The van der Waals surface area contributed by atoms with Crippen molar-refractivity contribution in [2.24, 2.45) is 0 Å². The van der Waals surface area contributed by atoms with Gasteiger partial charge in [0.25, 0.3) is 5.91 Å². The molecule has 1 N–H and O–H groups in total. The average Bonchev–Trinajstić information content (AvgIpc) is 3.30. The summed E-state index contributed by atoms with van der Waals surface area (Å²) >= 11 is 0. The Bertz CT molecular complexity index is 1250. The second-order valence-electron chi connectivity index (χ2n) is 7.39. The highest BCUT2D eigenvalue weighted by atomic mass is 16.5. The number of aliphatic carboxylic acids is 1. The van der Waals surface area contributed by atoms with Crippen LogP contribution in [0.2, 0.25) is 0 Å². The molecule has 158 valence electrons. The number of ether oxygens (including phenoxy) is 1. The van der Waals surface area contributed by atoms with Crippen LogP contribution in [-0.4, -0.2) is 37.7 Å². The number of rotatable bonds is 7. The first kappa shape index (κ1) is 20.4. The first-order valence-corrected chi connectivity index (χ1v) is 10.0. The summed E-state index contributed by atoms with van der Waals surface area (Å²) in [4.78, 5) is 28.5. The molecule has 0 saturated carbocycles. The van der Waals surface area contributed by atoms with Crippen molar-refractivity contribution in [1.82, 2.24) is 14.1 Å². The van der Waals surface area contributed by atoms with Crippen molar-refractivity contribution in [1.29, 1.82) is 0 Å². The van der Waals surface area contributed by atoms with E-state index >= 15 is 0 Å². The summed E-state index contributed by atoms with van der Waals surface area (Å²) in [7, 11) is 0. The van der Waals surface area contributed by atoms with Crippen molar-refractivity contribution >= 4 is 22.8 Å². The van der Waals surface area contributed by atoms with Crippen LogP contribution < -0.4 is 4.74 Å². The number of carbonyl (C=O) groups is 2. The van der Waals surface area contributed by atoms with Crippen molar-refractivity contribution in [3.8, 4) is 5.75 Å². The zero-order valence-electron chi connectivity index (χ0n) is 17.4. The van der Waals surface area contributed by atoms with Crippen LogP contribution in [0.1, 0.15) is 27.4 Å². The molecule has 0 bridgehead atoms. The van der Waals surface area contributed by atoms with Crippen LogP contribution in [0.3, 0.4) is 0 Å². The number of benzene rings is 2. The van der Waals surface area contributed by atoms with E-state index in [2.05, 4.69) is 4.98 Å². The van der Waals surface area contributed by atoms with E-state index < -0.39 is 5.97 Å². The lowest BCUT2D eigenvalue weighted by atomic mass is 10.1. The molecule has 0 radical (unpaired) electrons. The van der Waals surface area contributed by atoms with Crippen LogP contribution in [0.15, 0.2) is 60.9 Å². The minimum atomic E-state index is -0.900. The molecular weight excluding hydrogens is 394 g/mol. The number of carboxylic acid groups (broad SMARTS) is 1. The molecule has 0 amide bonds. The fourth-order valence-electron chi connectivity index (χ4n) is 3.74. The fourth-order valence-corrected chi connectivity index (χ4v) is 3.74. The number of hydrogen-bond donors (Lipinski definition) is 1. The second-order valence-corrected chi connectivity index (χ2v) is 7.39. The molecule has 0 aliphatic heterocycles. The molecular formula is C24H23N3O4. The van der Waals surface area contributed by atoms with E-state index in [1.54, 1.807) is 47.2 Å². The summed E-state index contributed by atoms with van der Waals surface area (Å²) in [5.74, 6) is 0.557. The Balaban J connectivity index is 1.52. The van der Waals surface area contributed by atoms with Gasteiger partial charge in [-0.15, -0.1) is 0 Å². The van der Waals surface area contributed by atoms with Crippen LogP contribution in [-0.2, 0) is 17.8 Å². The topological polar surface area (TPSA) is 86.4 Å². The number of carbonyl (C=O) groups excluding carboxylic acids is 1. The van der Waals surface area contributed by atoms with Gasteiger partial charge in [-0.25, -0.2) is 4.98 Å². The largest absolute Gasteiger partial charge is 0.492 e. The zero-order valence-corrected chi connectivity index (χ0v) is 17.4. The Morgan fingerprint density at radius 3 is 2.55 bits per heavy atom. The first-order chi connectivity index (χ1) is 14.9. The molecule has 0 unspecified atom stereocenters. The maximum Gasteiger partial charge on any atom is 0.307 e. The van der Waals surface area contributed by atoms with E-state index in [0.717, 1.165) is 16.9 Å². The van der Waals surface area contributed by atoms with Gasteiger partial charge >= 0.3 is 5.97 Å². The number of hydrogen-bond acceptors (Lipinski definition) is 4. The first-order valence-electron chi connectivity index (χ1n) is 10.0. The Hall–Kier alpha value is -3.87. The maximum atomic E-state index is 13.2. The van der Waals surface area contributed by atoms with Gasteiger partial charge in [0.05, 0.1) is 18.5 Å². The number of imidazole rings is 1. The van der Waals surface area contributed by atoms with E-state index in [0.29, 0.717) is 35.5 Å². The van der Waals surface area contributed by atoms with E-state index in [-0.39, 0.29) is 12.3 Å². The van der Waals surface area contributed by atoms with E-state index in [4.69, 9.17) is 9.84 Å². The molecule has 7 heteroatoms. The Morgan fingerprint density at radius 1 is 1.10 bits per heavy atom. The predicted octanol–water partition coefficient (Wildman–Crippen LogP) is 3.85. The number of aryl methyl sites for hydroxylation is 2. The van der Waals surface area contributed by atoms with Gasteiger partial charge in [0, 0.05) is 29.0 Å². The highest BCUT2D eigenvalue weighted by Crippen LogP contribution is 2.25. The van der Waals surface area contributed by atoms with Gasteiger partial charge < -0.3 is 14.4 Å². The Morgan fingerprint density at radius 2 is 1.87 bits per heavy atom. The molecule has 4 aromatic rings. The van der Waals surface area contributed by atoms with Crippen LogP contribution in [0.25, 0.3) is 10.9 Å². The van der Waals surface area contributed by atoms with Crippen molar-refractivity contribution < 1.29 is 19.4 Å². The standard InChI is InChI=1S/C24H23N3O4/c1-16-14-21-19(15-23(28)29)4-3-5-22(21)27(16)24(30)18-6-8-20(9-7-18)31-13-12-26-11-10-25-17(26)2/h3-11,14H,12-13,15H2,1-2H3,(H,28,29). The lowest BCUT2D eigenvalue weighted by molar-refractivity contribution is -0.136. The van der Waals surface area contributed by atoms with Crippen LogP contribution in [0, 0.1) is 13.8 Å². The van der Waals surface area contributed by atoms with Gasteiger partial charge in [-0.1, -0.05) is 12.1 Å². The summed E-state index contributed by atoms with van der Waals surface area (Å²) < 4.78 is 9.42. The van der Waals surface area contributed by atoms with Gasteiger partial charge in [0.15, 0.2) is 0 Å². The fraction of sp³-hybridized carbons (Fsp3) is 0.208. The maximum absolute atomic E-state index is 13.2. The van der Waals surface area contributed by atoms with Gasteiger partial charge in [-0.3, -0.25) is 14.2 Å². The molecule has 0 spiro atoms. The van der Waals surface area contributed by atoms with Crippen LogP contribution >= 0.6 is 0 Å². The van der Waals surface area contributed by atoms with Gasteiger partial charge in [-0.2, -0.15) is 0 Å². The van der Waals surface area contributed by atoms with Gasteiger partial charge in [0.2, 0.25) is 0 Å². The average molecular weight is 417 g/mol. The predicted molar refractivity (Wildman–Crippen MR) is 117 cm³/mol. The third kappa shape index (κ3) is 4.21. The lowest BCUT2D eigenvalue weighted by Gasteiger charge is -2.10. The van der Waals surface area contributed by atoms with Gasteiger partial charge in [-0.05, 0) is 55.8 Å². The zero-order chi connectivity index (χ0) is 22.0. The molecule has 2 aromatic heterocycles. The third-order valence-electron chi connectivity index (χ3n) is 5.29. The van der Waals surface area contributed by atoms with Crippen molar-refractivity contribution in [3.63, 3.8) is 0 Å². The summed E-state index contributed by atoms with van der Waals surface area (Å²) in [6, 6.07) is 14.3. The normalized spacial score (nSPS) is 11.0. The number of nitrogens with zero attached hydrogens (tertiary/aromatic N) is 3. The van der Waals surface area contributed by atoms with Gasteiger partial charge in [0.1, 0.15) is 18.2 Å². The summed E-state index contributed by atoms with van der Waals surface area (Å²) in [5.41, 5.74) is 2.68. The van der Waals surface area contributed by atoms with E-state index in [1.165, 1.54) is 0 Å². The molecule has 4 rings (SSSR count).